The standard InChI is InChI=1S/C8H14O2/c1-4-7(3)6-10-8(9)5-2/h5,7H,2,4,6H2,1,3H3/t7-/m0/s1. The van der Waals surface area contributed by atoms with Crippen molar-refractivity contribution in [2.24, 2.45) is 5.92 Å². The summed E-state index contributed by atoms with van der Waals surface area (Å²) in [6, 6.07) is 0. The van der Waals surface area contributed by atoms with E-state index >= 15 is 0 Å². The maximum absolute atomic E-state index is 10.5. The van der Waals surface area contributed by atoms with Crippen LogP contribution in [0.25, 0.3) is 0 Å². The van der Waals surface area contributed by atoms with Crippen LogP contribution >= 0.6 is 0 Å². The van der Waals surface area contributed by atoms with Crippen LogP contribution in [0.15, 0.2) is 12.7 Å². The maximum atomic E-state index is 10.5. The fraction of sp³-hybridized carbons (Fsp3) is 0.625. The molecule has 0 heterocycles. The second-order valence-electron chi connectivity index (χ2n) is 2.35. The van der Waals surface area contributed by atoms with Crippen LogP contribution < -0.4 is 0 Å². The Hall–Kier alpha value is -0.790. The van der Waals surface area contributed by atoms with Crippen LogP contribution in [0.1, 0.15) is 20.3 Å². The Kier molecular flexibility index (Phi) is 4.63. The number of ether oxygens (including phenoxy) is 1. The van der Waals surface area contributed by atoms with Crippen LogP contribution in [0.3, 0.4) is 0 Å². The Morgan fingerprint density at radius 1 is 1.80 bits per heavy atom. The van der Waals surface area contributed by atoms with Gasteiger partial charge in [-0.25, -0.2) is 4.79 Å². The lowest BCUT2D eigenvalue weighted by atomic mass is 10.1. The van der Waals surface area contributed by atoms with E-state index in [2.05, 4.69) is 13.5 Å². The van der Waals surface area contributed by atoms with Gasteiger partial charge in [0.05, 0.1) is 6.61 Å². The minimum Gasteiger partial charge on any atom is -0.462 e. The summed E-state index contributed by atoms with van der Waals surface area (Å²) in [5.41, 5.74) is 0. The molecule has 0 spiro atoms. The molecule has 0 aliphatic carbocycles. The van der Waals surface area contributed by atoms with Gasteiger partial charge in [0.15, 0.2) is 0 Å². The third kappa shape index (κ3) is 4.13. The summed E-state index contributed by atoms with van der Waals surface area (Å²) in [5, 5.41) is 0. The van der Waals surface area contributed by atoms with E-state index in [9.17, 15) is 4.79 Å². The van der Waals surface area contributed by atoms with Gasteiger partial charge in [0.1, 0.15) is 0 Å². The number of carbonyl (C=O) groups is 1. The first-order valence-electron chi connectivity index (χ1n) is 3.49. The molecular weight excluding hydrogens is 128 g/mol. The van der Waals surface area contributed by atoms with Gasteiger partial charge in [-0.15, -0.1) is 0 Å². The van der Waals surface area contributed by atoms with Crippen molar-refractivity contribution in [3.8, 4) is 0 Å². The smallest absolute Gasteiger partial charge is 0.330 e. The average Bonchev–Trinajstić information content (AvgIpc) is 1.99. The van der Waals surface area contributed by atoms with E-state index in [0.717, 1.165) is 6.42 Å². The van der Waals surface area contributed by atoms with Crippen LogP contribution in [-0.2, 0) is 9.53 Å². The summed E-state index contributed by atoms with van der Waals surface area (Å²) >= 11 is 0. The summed E-state index contributed by atoms with van der Waals surface area (Å²) in [4.78, 5) is 10.5. The van der Waals surface area contributed by atoms with E-state index in [0.29, 0.717) is 12.5 Å². The molecule has 58 valence electrons. The first-order valence-corrected chi connectivity index (χ1v) is 3.49. The highest BCUT2D eigenvalue weighted by atomic mass is 16.5. The van der Waals surface area contributed by atoms with E-state index in [1.54, 1.807) is 0 Å². The molecule has 0 aromatic heterocycles. The quantitative estimate of drug-likeness (QED) is 0.441. The average molecular weight is 142 g/mol. The maximum Gasteiger partial charge on any atom is 0.330 e. The number of carbonyl (C=O) groups excluding carboxylic acids is 1. The second-order valence-corrected chi connectivity index (χ2v) is 2.35. The van der Waals surface area contributed by atoms with Gasteiger partial charge in [-0.05, 0) is 5.92 Å². The third-order valence-corrected chi connectivity index (χ3v) is 1.37. The number of hydrogen-bond acceptors (Lipinski definition) is 2. The first kappa shape index (κ1) is 9.21. The van der Waals surface area contributed by atoms with Crippen molar-refractivity contribution in [2.45, 2.75) is 20.3 Å². The van der Waals surface area contributed by atoms with E-state index in [1.165, 1.54) is 6.08 Å². The highest BCUT2D eigenvalue weighted by molar-refractivity contribution is 5.81. The second kappa shape index (κ2) is 5.03. The topological polar surface area (TPSA) is 26.3 Å². The monoisotopic (exact) mass is 142 g/mol. The zero-order valence-corrected chi connectivity index (χ0v) is 6.59. The summed E-state index contributed by atoms with van der Waals surface area (Å²) in [6.07, 6.45) is 2.22. The van der Waals surface area contributed by atoms with Gasteiger partial charge in [-0.3, -0.25) is 0 Å². The molecule has 0 N–H and O–H groups in total. The molecule has 2 heteroatoms. The van der Waals surface area contributed by atoms with E-state index in [1.807, 2.05) is 6.92 Å². The molecule has 0 unspecified atom stereocenters. The molecule has 0 saturated heterocycles. The van der Waals surface area contributed by atoms with E-state index in [4.69, 9.17) is 4.74 Å². The van der Waals surface area contributed by atoms with Gasteiger partial charge in [-0.2, -0.15) is 0 Å². The molecule has 0 aromatic carbocycles. The van der Waals surface area contributed by atoms with Gasteiger partial charge in [0.2, 0.25) is 0 Å². The van der Waals surface area contributed by atoms with Crippen LogP contribution in [0.4, 0.5) is 0 Å². The molecule has 0 amide bonds. The van der Waals surface area contributed by atoms with Gasteiger partial charge in [0, 0.05) is 6.08 Å². The van der Waals surface area contributed by atoms with Crippen LogP contribution in [0.5, 0.6) is 0 Å². The predicted octanol–water partition coefficient (Wildman–Crippen LogP) is 1.76. The molecule has 2 nitrogen and oxygen atoms in total. The lowest BCUT2D eigenvalue weighted by molar-refractivity contribution is -0.138. The summed E-state index contributed by atoms with van der Waals surface area (Å²) < 4.78 is 4.79. The molecule has 0 radical (unpaired) electrons. The normalized spacial score (nSPS) is 12.2. The third-order valence-electron chi connectivity index (χ3n) is 1.37. The summed E-state index contributed by atoms with van der Waals surface area (Å²) in [5.74, 6) is 0.115. The fourth-order valence-corrected chi connectivity index (χ4v) is 0.401. The van der Waals surface area contributed by atoms with Crippen molar-refractivity contribution in [1.82, 2.24) is 0 Å². The zero-order chi connectivity index (χ0) is 7.98. The van der Waals surface area contributed by atoms with Gasteiger partial charge in [0.25, 0.3) is 0 Å². The molecule has 1 atom stereocenters. The van der Waals surface area contributed by atoms with Crippen LogP contribution in [-0.4, -0.2) is 12.6 Å². The molecule has 0 bridgehead atoms. The SMILES string of the molecule is C=CC(=O)OC[C@@H](C)CC. The Bertz CT molecular complexity index is 118. The van der Waals surface area contributed by atoms with Gasteiger partial charge >= 0.3 is 5.97 Å². The van der Waals surface area contributed by atoms with Crippen molar-refractivity contribution < 1.29 is 9.53 Å². The summed E-state index contributed by atoms with van der Waals surface area (Å²) in [6.45, 7) is 7.89. The van der Waals surface area contributed by atoms with Crippen molar-refractivity contribution in [3.63, 3.8) is 0 Å². The Balaban J connectivity index is 3.34. The van der Waals surface area contributed by atoms with Crippen LogP contribution in [0, 0.1) is 5.92 Å². The molecule has 0 aliphatic rings. The number of esters is 1. The molecule has 0 aromatic rings. The minimum absolute atomic E-state index is 0.333. The molecular formula is C8H14O2. The van der Waals surface area contributed by atoms with Gasteiger partial charge < -0.3 is 4.74 Å². The van der Waals surface area contributed by atoms with Crippen molar-refractivity contribution in [3.05, 3.63) is 12.7 Å². The molecule has 0 aliphatic heterocycles. The highest BCUT2D eigenvalue weighted by Gasteiger charge is 2.00. The predicted molar refractivity (Wildman–Crippen MR) is 40.6 cm³/mol. The Morgan fingerprint density at radius 3 is 2.80 bits per heavy atom. The molecule has 0 fully saturated rings. The fourth-order valence-electron chi connectivity index (χ4n) is 0.401. The molecule has 0 rings (SSSR count). The van der Waals surface area contributed by atoms with Gasteiger partial charge in [-0.1, -0.05) is 26.8 Å². The van der Waals surface area contributed by atoms with E-state index < -0.39 is 0 Å². The highest BCUT2D eigenvalue weighted by Crippen LogP contribution is 2.00. The minimum atomic E-state index is -0.333. The summed E-state index contributed by atoms with van der Waals surface area (Å²) in [7, 11) is 0. The van der Waals surface area contributed by atoms with Crippen molar-refractivity contribution >= 4 is 5.97 Å². The number of rotatable bonds is 4. The Morgan fingerprint density at radius 2 is 2.40 bits per heavy atom. The lowest BCUT2D eigenvalue weighted by Crippen LogP contribution is -2.08. The van der Waals surface area contributed by atoms with Crippen molar-refractivity contribution in [2.75, 3.05) is 6.61 Å². The first-order chi connectivity index (χ1) is 4.70. The van der Waals surface area contributed by atoms with Crippen molar-refractivity contribution in [1.29, 1.82) is 0 Å². The molecule has 0 saturated carbocycles. The largest absolute Gasteiger partial charge is 0.462 e. The zero-order valence-electron chi connectivity index (χ0n) is 6.59. The number of hydrogen-bond donors (Lipinski definition) is 0. The lowest BCUT2D eigenvalue weighted by Gasteiger charge is -2.06. The Labute approximate surface area is 61.9 Å². The molecule has 10 heavy (non-hydrogen) atoms. The van der Waals surface area contributed by atoms with Crippen LogP contribution in [0.2, 0.25) is 0 Å². The van der Waals surface area contributed by atoms with E-state index in [-0.39, 0.29) is 5.97 Å².